The number of thioether (sulfide) groups is 1. The predicted molar refractivity (Wildman–Crippen MR) is 81.0 cm³/mol. The summed E-state index contributed by atoms with van der Waals surface area (Å²) in [5.74, 6) is -2.23. The zero-order valence-electron chi connectivity index (χ0n) is 11.3. The molecule has 0 fully saturated rings. The van der Waals surface area contributed by atoms with Gasteiger partial charge in [0.25, 0.3) is 0 Å². The maximum Gasteiger partial charge on any atom is 0.407 e. The highest BCUT2D eigenvalue weighted by Crippen LogP contribution is 2.36. The van der Waals surface area contributed by atoms with E-state index in [1.807, 2.05) is 0 Å². The first kappa shape index (κ1) is 20.8. The largest absolute Gasteiger partial charge is 0.407 e. The van der Waals surface area contributed by atoms with E-state index in [1.54, 1.807) is 0 Å². The molecule has 12 heteroatoms. The third kappa shape index (κ3) is 7.06. The highest BCUT2D eigenvalue weighted by Gasteiger charge is 2.34. The van der Waals surface area contributed by atoms with Gasteiger partial charge in [0.1, 0.15) is 12.4 Å². The molecule has 0 heterocycles. The average Bonchev–Trinajstić information content (AvgIpc) is 2.33. The van der Waals surface area contributed by atoms with Crippen molar-refractivity contribution in [2.45, 2.75) is 24.2 Å². The standard InChI is InChI=1S/C11H9Br2F7N2S/c1-6-2-7(14)8(3-9(6)23-5-11(18,19)20)21(22(12)13)4-10(15,16)17/h2-3H,4-5H2,1H3. The summed E-state index contributed by atoms with van der Waals surface area (Å²) >= 11 is 5.78. The Morgan fingerprint density at radius 2 is 1.61 bits per heavy atom. The van der Waals surface area contributed by atoms with Crippen LogP contribution < -0.4 is 5.01 Å². The summed E-state index contributed by atoms with van der Waals surface area (Å²) in [5, 5.41) is 0.451. The molecule has 0 saturated carbocycles. The van der Waals surface area contributed by atoms with E-state index in [4.69, 9.17) is 0 Å². The first-order chi connectivity index (χ1) is 10.3. The summed E-state index contributed by atoms with van der Waals surface area (Å²) in [7, 11) is 0. The second kappa shape index (κ2) is 7.79. The lowest BCUT2D eigenvalue weighted by molar-refractivity contribution is -0.121. The van der Waals surface area contributed by atoms with Crippen LogP contribution >= 0.6 is 44.1 Å². The lowest BCUT2D eigenvalue weighted by atomic mass is 10.2. The molecule has 0 atom stereocenters. The summed E-state index contributed by atoms with van der Waals surface area (Å²) in [6.45, 7) is -0.174. The molecule has 0 aliphatic heterocycles. The lowest BCUT2D eigenvalue weighted by Crippen LogP contribution is -2.38. The number of aryl methyl sites for hydroxylation is 1. The van der Waals surface area contributed by atoms with Gasteiger partial charge >= 0.3 is 12.4 Å². The minimum atomic E-state index is -4.66. The minimum Gasteiger partial charge on any atom is -0.274 e. The van der Waals surface area contributed by atoms with Crippen LogP contribution in [0, 0.1) is 12.7 Å². The van der Waals surface area contributed by atoms with Crippen molar-refractivity contribution < 1.29 is 30.7 Å². The van der Waals surface area contributed by atoms with Crippen molar-refractivity contribution >= 4 is 49.7 Å². The number of benzene rings is 1. The quantitative estimate of drug-likeness (QED) is 0.215. The van der Waals surface area contributed by atoms with E-state index in [1.165, 1.54) is 6.92 Å². The Labute approximate surface area is 148 Å². The van der Waals surface area contributed by atoms with Crippen LogP contribution in [0.1, 0.15) is 5.56 Å². The van der Waals surface area contributed by atoms with Crippen LogP contribution in [0.5, 0.6) is 0 Å². The average molecular weight is 494 g/mol. The lowest BCUT2D eigenvalue weighted by Gasteiger charge is -2.29. The molecular formula is C11H9Br2F7N2S. The second-order valence-electron chi connectivity index (χ2n) is 4.36. The van der Waals surface area contributed by atoms with Crippen LogP contribution in [0.2, 0.25) is 0 Å². The minimum absolute atomic E-state index is 0.0350. The van der Waals surface area contributed by atoms with E-state index < -0.39 is 36.2 Å². The Morgan fingerprint density at radius 3 is 2.04 bits per heavy atom. The number of nitrogens with zero attached hydrogens (tertiary/aromatic N) is 2. The third-order valence-electron chi connectivity index (χ3n) is 2.43. The molecule has 2 nitrogen and oxygen atoms in total. The molecule has 1 rings (SSSR count). The van der Waals surface area contributed by atoms with Crippen LogP contribution in [-0.4, -0.2) is 27.7 Å². The maximum atomic E-state index is 14.0. The molecule has 1 aromatic rings. The summed E-state index contributed by atoms with van der Waals surface area (Å²) in [6, 6.07) is 1.84. The van der Waals surface area contributed by atoms with Gasteiger partial charge in [-0.2, -0.15) is 26.3 Å². The molecule has 0 unspecified atom stereocenters. The van der Waals surface area contributed by atoms with Crippen molar-refractivity contribution in [3.63, 3.8) is 0 Å². The van der Waals surface area contributed by atoms with Gasteiger partial charge in [-0.25, -0.2) is 4.39 Å². The highest BCUT2D eigenvalue weighted by molar-refractivity contribution is 9.21. The van der Waals surface area contributed by atoms with Gasteiger partial charge in [0.15, 0.2) is 0 Å². The molecule has 0 saturated heterocycles. The van der Waals surface area contributed by atoms with Crippen LogP contribution in [0.25, 0.3) is 0 Å². The Hall–Kier alpha value is -0.200. The van der Waals surface area contributed by atoms with E-state index >= 15 is 0 Å². The van der Waals surface area contributed by atoms with Crippen molar-refractivity contribution in [1.82, 2.24) is 3.06 Å². The van der Waals surface area contributed by atoms with E-state index in [2.05, 4.69) is 32.3 Å². The Bertz CT molecular complexity index is 548. The normalized spacial score (nSPS) is 12.8. The van der Waals surface area contributed by atoms with E-state index in [-0.39, 0.29) is 10.5 Å². The van der Waals surface area contributed by atoms with Gasteiger partial charge in [0.2, 0.25) is 0 Å². The number of hydrogen-bond donors (Lipinski definition) is 0. The van der Waals surface area contributed by atoms with Crippen molar-refractivity contribution in [3.05, 3.63) is 23.5 Å². The monoisotopic (exact) mass is 492 g/mol. The molecule has 132 valence electrons. The summed E-state index contributed by atoms with van der Waals surface area (Å²) in [5.41, 5.74) is -0.325. The molecule has 0 spiro atoms. The van der Waals surface area contributed by atoms with Gasteiger partial charge in [-0.15, -0.1) is 11.8 Å². The molecule has 0 aliphatic rings. The molecule has 0 radical (unpaired) electrons. The Morgan fingerprint density at radius 1 is 1.04 bits per heavy atom. The number of alkyl halides is 6. The molecule has 0 aliphatic carbocycles. The molecular weight excluding hydrogens is 485 g/mol. The fraction of sp³-hybridized carbons (Fsp3) is 0.455. The Balaban J connectivity index is 3.18. The van der Waals surface area contributed by atoms with Crippen LogP contribution in [0.3, 0.4) is 0 Å². The molecule has 23 heavy (non-hydrogen) atoms. The fourth-order valence-corrected chi connectivity index (χ4v) is 2.91. The summed E-state index contributed by atoms with van der Waals surface area (Å²) in [6.07, 6.45) is -9.11. The number of hydrazine groups is 1. The zero-order chi connectivity index (χ0) is 18.0. The number of hydrogen-bond acceptors (Lipinski definition) is 3. The predicted octanol–water partition coefficient (Wildman–Crippen LogP) is 5.99. The van der Waals surface area contributed by atoms with Gasteiger partial charge in [-0.1, -0.05) is 3.06 Å². The fourth-order valence-electron chi connectivity index (χ4n) is 1.54. The Kier molecular flexibility index (Phi) is 7.06. The first-order valence-electron chi connectivity index (χ1n) is 5.76. The first-order valence-corrected chi connectivity index (χ1v) is 8.16. The SMILES string of the molecule is Cc1cc(F)c(N(CC(F)(F)F)N(Br)Br)cc1SCC(F)(F)F. The highest BCUT2D eigenvalue weighted by atomic mass is 79.9. The van der Waals surface area contributed by atoms with Crippen molar-refractivity contribution in [3.8, 4) is 0 Å². The van der Waals surface area contributed by atoms with Crippen LogP contribution in [-0.2, 0) is 0 Å². The maximum absolute atomic E-state index is 14.0. The smallest absolute Gasteiger partial charge is 0.274 e. The van der Waals surface area contributed by atoms with E-state index in [0.717, 1.165) is 12.1 Å². The van der Waals surface area contributed by atoms with Gasteiger partial charge in [-0.05, 0) is 24.6 Å². The third-order valence-corrected chi connectivity index (χ3v) is 4.41. The molecule has 0 amide bonds. The van der Waals surface area contributed by atoms with Crippen molar-refractivity contribution in [1.29, 1.82) is 0 Å². The van der Waals surface area contributed by atoms with Crippen molar-refractivity contribution in [2.24, 2.45) is 0 Å². The summed E-state index contributed by atoms with van der Waals surface area (Å²) < 4.78 is 89.2. The molecule has 0 N–H and O–H groups in total. The van der Waals surface area contributed by atoms with E-state index in [0.29, 0.717) is 19.8 Å². The van der Waals surface area contributed by atoms with Crippen LogP contribution in [0.15, 0.2) is 17.0 Å². The summed E-state index contributed by atoms with van der Waals surface area (Å²) in [4.78, 5) is 0.0350. The topological polar surface area (TPSA) is 6.48 Å². The van der Waals surface area contributed by atoms with Crippen molar-refractivity contribution in [2.75, 3.05) is 17.3 Å². The number of anilines is 1. The molecule has 1 aromatic carbocycles. The van der Waals surface area contributed by atoms with Gasteiger partial charge < -0.3 is 0 Å². The van der Waals surface area contributed by atoms with Gasteiger partial charge in [-0.3, -0.25) is 5.01 Å². The second-order valence-corrected chi connectivity index (χ2v) is 7.67. The zero-order valence-corrected chi connectivity index (χ0v) is 15.3. The van der Waals surface area contributed by atoms with Gasteiger partial charge in [0.05, 0.1) is 11.4 Å². The number of halogens is 9. The molecule has 0 bridgehead atoms. The molecule has 0 aromatic heterocycles. The van der Waals surface area contributed by atoms with E-state index in [9.17, 15) is 30.7 Å². The number of rotatable bonds is 5. The van der Waals surface area contributed by atoms with Gasteiger partial charge in [0, 0.05) is 37.2 Å². The van der Waals surface area contributed by atoms with Crippen LogP contribution in [0.4, 0.5) is 36.4 Å².